The zero-order valence-electron chi connectivity index (χ0n) is 14.1. The Morgan fingerprint density at radius 3 is 2.24 bits per heavy atom. The summed E-state index contributed by atoms with van der Waals surface area (Å²) >= 11 is 0. The molecule has 3 heteroatoms. The van der Waals surface area contributed by atoms with Crippen LogP contribution < -0.4 is 5.73 Å². The molecule has 0 bridgehead atoms. The van der Waals surface area contributed by atoms with Crippen LogP contribution >= 0.6 is 12.4 Å². The van der Waals surface area contributed by atoms with Crippen molar-refractivity contribution in [2.45, 2.75) is 58.5 Å². The van der Waals surface area contributed by atoms with Crippen molar-refractivity contribution in [3.63, 3.8) is 0 Å². The highest BCUT2D eigenvalue weighted by Gasteiger charge is 2.26. The summed E-state index contributed by atoms with van der Waals surface area (Å²) in [5, 5.41) is 0. The van der Waals surface area contributed by atoms with E-state index in [2.05, 4.69) is 63.8 Å². The van der Waals surface area contributed by atoms with Crippen LogP contribution in [0.5, 0.6) is 0 Å². The second-order valence-corrected chi connectivity index (χ2v) is 7.47. The van der Waals surface area contributed by atoms with Crippen molar-refractivity contribution in [3.8, 4) is 0 Å². The average Bonchev–Trinajstić information content (AvgIpc) is 2.40. The highest BCUT2D eigenvalue weighted by molar-refractivity contribution is 5.85. The Kier molecular flexibility index (Phi) is 6.27. The lowest BCUT2D eigenvalue weighted by Gasteiger charge is -2.39. The van der Waals surface area contributed by atoms with Crippen LogP contribution in [-0.2, 0) is 5.41 Å². The Bertz CT molecular complexity index is 436. The fraction of sp³-hybridized carbons (Fsp3) is 0.667. The molecule has 0 amide bonds. The lowest BCUT2D eigenvalue weighted by molar-refractivity contribution is 0.124. The first-order valence-corrected chi connectivity index (χ1v) is 7.89. The van der Waals surface area contributed by atoms with Crippen molar-refractivity contribution in [3.05, 3.63) is 35.4 Å². The van der Waals surface area contributed by atoms with Gasteiger partial charge in [-0.25, -0.2) is 0 Å². The van der Waals surface area contributed by atoms with E-state index in [1.165, 1.54) is 11.1 Å². The van der Waals surface area contributed by atoms with Gasteiger partial charge in [-0.05, 0) is 35.8 Å². The van der Waals surface area contributed by atoms with Crippen molar-refractivity contribution in [2.24, 2.45) is 11.7 Å². The Hall–Kier alpha value is -0.570. The van der Waals surface area contributed by atoms with Gasteiger partial charge in [0.25, 0.3) is 0 Å². The van der Waals surface area contributed by atoms with Crippen LogP contribution in [0.15, 0.2) is 24.3 Å². The first kappa shape index (κ1) is 18.5. The molecule has 0 aliphatic carbocycles. The molecular formula is C18H31ClN2. The molecule has 1 aromatic carbocycles. The molecule has 3 atom stereocenters. The van der Waals surface area contributed by atoms with Crippen molar-refractivity contribution in [2.75, 3.05) is 13.1 Å². The molecule has 1 heterocycles. The minimum absolute atomic E-state index is 0. The predicted molar refractivity (Wildman–Crippen MR) is 94.1 cm³/mol. The van der Waals surface area contributed by atoms with Gasteiger partial charge in [-0.2, -0.15) is 0 Å². The fourth-order valence-corrected chi connectivity index (χ4v) is 3.02. The quantitative estimate of drug-likeness (QED) is 0.889. The third-order valence-corrected chi connectivity index (χ3v) is 4.81. The molecule has 1 fully saturated rings. The molecule has 0 saturated carbocycles. The maximum absolute atomic E-state index is 6.12. The van der Waals surface area contributed by atoms with E-state index in [1.54, 1.807) is 0 Å². The molecule has 0 radical (unpaired) electrons. The maximum Gasteiger partial charge on any atom is 0.0320 e. The Morgan fingerprint density at radius 1 is 1.19 bits per heavy atom. The molecule has 21 heavy (non-hydrogen) atoms. The van der Waals surface area contributed by atoms with Gasteiger partial charge in [0, 0.05) is 25.2 Å². The van der Waals surface area contributed by atoms with Crippen molar-refractivity contribution in [1.82, 2.24) is 4.90 Å². The molecule has 1 aromatic rings. The first-order valence-electron chi connectivity index (χ1n) is 7.89. The Labute approximate surface area is 136 Å². The highest BCUT2D eigenvalue weighted by atomic mass is 35.5. The lowest BCUT2D eigenvalue weighted by Crippen LogP contribution is -2.46. The summed E-state index contributed by atoms with van der Waals surface area (Å²) in [5.74, 6) is 0.597. The van der Waals surface area contributed by atoms with Crippen molar-refractivity contribution >= 4 is 12.4 Å². The van der Waals surface area contributed by atoms with Crippen LogP contribution in [0.1, 0.15) is 58.2 Å². The molecule has 0 aromatic heterocycles. The van der Waals surface area contributed by atoms with Gasteiger partial charge in [0.05, 0.1) is 0 Å². The molecule has 1 aliphatic rings. The largest absolute Gasteiger partial charge is 0.327 e. The highest BCUT2D eigenvalue weighted by Crippen LogP contribution is 2.28. The monoisotopic (exact) mass is 310 g/mol. The second kappa shape index (κ2) is 7.13. The SMILES string of the molecule is CC1CN(C(C)c2ccc(C(C)(C)C)cc2)CCC1N.Cl. The van der Waals surface area contributed by atoms with Gasteiger partial charge in [-0.1, -0.05) is 52.0 Å². The summed E-state index contributed by atoms with van der Waals surface area (Å²) in [6.45, 7) is 13.6. The molecule has 2 nitrogen and oxygen atoms in total. The fourth-order valence-electron chi connectivity index (χ4n) is 3.02. The molecular weight excluding hydrogens is 280 g/mol. The van der Waals surface area contributed by atoms with Gasteiger partial charge in [0.2, 0.25) is 0 Å². The van der Waals surface area contributed by atoms with Gasteiger partial charge in [-0.15, -0.1) is 12.4 Å². The summed E-state index contributed by atoms with van der Waals surface area (Å²) in [4.78, 5) is 2.57. The summed E-state index contributed by atoms with van der Waals surface area (Å²) < 4.78 is 0. The summed E-state index contributed by atoms with van der Waals surface area (Å²) in [5.41, 5.74) is 9.17. The van der Waals surface area contributed by atoms with E-state index < -0.39 is 0 Å². The third kappa shape index (κ3) is 4.45. The molecule has 1 saturated heterocycles. The van der Waals surface area contributed by atoms with Crippen LogP contribution in [-0.4, -0.2) is 24.0 Å². The van der Waals surface area contributed by atoms with E-state index in [9.17, 15) is 0 Å². The van der Waals surface area contributed by atoms with Crippen LogP contribution in [0.2, 0.25) is 0 Å². The first-order chi connectivity index (χ1) is 9.29. The molecule has 0 spiro atoms. The molecule has 120 valence electrons. The van der Waals surface area contributed by atoms with Crippen LogP contribution in [0.25, 0.3) is 0 Å². The van der Waals surface area contributed by atoms with Crippen molar-refractivity contribution < 1.29 is 0 Å². The van der Waals surface area contributed by atoms with E-state index in [-0.39, 0.29) is 17.8 Å². The summed E-state index contributed by atoms with van der Waals surface area (Å²) in [6.07, 6.45) is 1.12. The number of likely N-dealkylation sites (tertiary alicyclic amines) is 1. The van der Waals surface area contributed by atoms with Crippen LogP contribution in [0.3, 0.4) is 0 Å². The molecule has 2 N–H and O–H groups in total. The zero-order chi connectivity index (χ0) is 14.9. The number of benzene rings is 1. The molecule has 3 unspecified atom stereocenters. The molecule has 1 aliphatic heterocycles. The second-order valence-electron chi connectivity index (χ2n) is 7.47. The van der Waals surface area contributed by atoms with E-state index >= 15 is 0 Å². The lowest BCUT2D eigenvalue weighted by atomic mass is 9.86. The average molecular weight is 311 g/mol. The van der Waals surface area contributed by atoms with Gasteiger partial charge in [-0.3, -0.25) is 4.90 Å². The van der Waals surface area contributed by atoms with Crippen LogP contribution in [0, 0.1) is 5.92 Å². The van der Waals surface area contributed by atoms with Gasteiger partial charge < -0.3 is 5.73 Å². The zero-order valence-corrected chi connectivity index (χ0v) is 14.9. The topological polar surface area (TPSA) is 29.3 Å². The Balaban J connectivity index is 0.00000220. The van der Waals surface area contributed by atoms with Gasteiger partial charge in [0.15, 0.2) is 0 Å². The smallest absolute Gasteiger partial charge is 0.0320 e. The number of halogens is 1. The van der Waals surface area contributed by atoms with E-state index in [1.807, 2.05) is 0 Å². The van der Waals surface area contributed by atoms with Crippen molar-refractivity contribution in [1.29, 1.82) is 0 Å². The van der Waals surface area contributed by atoms with Gasteiger partial charge >= 0.3 is 0 Å². The minimum atomic E-state index is 0. The maximum atomic E-state index is 6.12. The number of nitrogens with zero attached hydrogens (tertiary/aromatic N) is 1. The number of hydrogen-bond acceptors (Lipinski definition) is 2. The summed E-state index contributed by atoms with van der Waals surface area (Å²) in [6, 6.07) is 10.0. The number of hydrogen-bond donors (Lipinski definition) is 1. The number of rotatable bonds is 2. The Morgan fingerprint density at radius 2 is 1.76 bits per heavy atom. The molecule has 2 rings (SSSR count). The normalized spacial score (nSPS) is 25.2. The standard InChI is InChI=1S/C18H30N2.ClH/c1-13-12-20(11-10-17(13)19)14(2)15-6-8-16(9-7-15)18(3,4)5;/h6-9,13-14,17H,10-12,19H2,1-5H3;1H. The number of piperidine rings is 1. The van der Waals surface area contributed by atoms with Crippen LogP contribution in [0.4, 0.5) is 0 Å². The predicted octanol–water partition coefficient (Wildman–Crippen LogP) is 4.14. The third-order valence-electron chi connectivity index (χ3n) is 4.81. The number of nitrogens with two attached hydrogens (primary N) is 1. The van der Waals surface area contributed by atoms with E-state index in [0.717, 1.165) is 19.5 Å². The minimum Gasteiger partial charge on any atom is -0.327 e. The van der Waals surface area contributed by atoms with E-state index in [4.69, 9.17) is 5.73 Å². The van der Waals surface area contributed by atoms with E-state index in [0.29, 0.717) is 18.0 Å². The summed E-state index contributed by atoms with van der Waals surface area (Å²) in [7, 11) is 0. The van der Waals surface area contributed by atoms with Gasteiger partial charge in [0.1, 0.15) is 0 Å².